The number of hydrogen-bond acceptors (Lipinski definition) is 3. The standard InChI is InChI=1S/C16H24N2O2/c1-2-3-6-13-9-11-14(12-10-13)17-15-7-4-5-8-16(15)18(19)20/h9-12,15-17H,2-8H2,1H3/t15-,16-/m0/s1. The fraction of sp³-hybridized carbons (Fsp3) is 0.625. The van der Waals surface area contributed by atoms with Gasteiger partial charge in [0.2, 0.25) is 6.04 Å². The van der Waals surface area contributed by atoms with Gasteiger partial charge in [0.15, 0.2) is 0 Å². The van der Waals surface area contributed by atoms with Crippen molar-refractivity contribution in [3.05, 3.63) is 39.9 Å². The Morgan fingerprint density at radius 3 is 2.60 bits per heavy atom. The lowest BCUT2D eigenvalue weighted by molar-refractivity contribution is -0.527. The highest BCUT2D eigenvalue weighted by Gasteiger charge is 2.33. The molecule has 1 fully saturated rings. The first-order valence-electron chi connectivity index (χ1n) is 7.69. The van der Waals surface area contributed by atoms with E-state index in [1.54, 1.807) is 0 Å². The Kier molecular flexibility index (Phi) is 5.39. The summed E-state index contributed by atoms with van der Waals surface area (Å²) < 4.78 is 0. The molecule has 4 nitrogen and oxygen atoms in total. The molecule has 0 unspecified atom stereocenters. The Bertz CT molecular complexity index is 431. The zero-order valence-corrected chi connectivity index (χ0v) is 12.2. The maximum atomic E-state index is 11.1. The topological polar surface area (TPSA) is 55.2 Å². The van der Waals surface area contributed by atoms with Crippen molar-refractivity contribution >= 4 is 5.69 Å². The molecule has 1 saturated carbocycles. The summed E-state index contributed by atoms with van der Waals surface area (Å²) in [5, 5.41) is 14.4. The monoisotopic (exact) mass is 276 g/mol. The van der Waals surface area contributed by atoms with Gasteiger partial charge in [0, 0.05) is 17.0 Å². The minimum Gasteiger partial charge on any atom is -0.376 e. The molecule has 0 aromatic heterocycles. The van der Waals surface area contributed by atoms with Crippen LogP contribution in [0.4, 0.5) is 5.69 Å². The number of benzene rings is 1. The summed E-state index contributed by atoms with van der Waals surface area (Å²) in [6, 6.07) is 7.89. The smallest absolute Gasteiger partial charge is 0.232 e. The molecule has 0 radical (unpaired) electrons. The van der Waals surface area contributed by atoms with Crippen LogP contribution in [0.1, 0.15) is 51.0 Å². The molecule has 0 bridgehead atoms. The second-order valence-electron chi connectivity index (χ2n) is 5.69. The Balaban J connectivity index is 1.96. The third-order valence-corrected chi connectivity index (χ3v) is 4.13. The van der Waals surface area contributed by atoms with Gasteiger partial charge in [-0.2, -0.15) is 0 Å². The summed E-state index contributed by atoms with van der Waals surface area (Å²) in [6.45, 7) is 2.19. The van der Waals surface area contributed by atoms with Crippen LogP contribution in [-0.2, 0) is 6.42 Å². The molecule has 1 N–H and O–H groups in total. The van der Waals surface area contributed by atoms with Crippen LogP contribution in [0.15, 0.2) is 24.3 Å². The van der Waals surface area contributed by atoms with E-state index in [2.05, 4.69) is 36.5 Å². The second-order valence-corrected chi connectivity index (χ2v) is 5.69. The summed E-state index contributed by atoms with van der Waals surface area (Å²) in [5.74, 6) is 0. The maximum absolute atomic E-state index is 11.1. The quantitative estimate of drug-likeness (QED) is 0.630. The normalized spacial score (nSPS) is 22.4. The van der Waals surface area contributed by atoms with Crippen molar-refractivity contribution in [3.8, 4) is 0 Å². The molecule has 0 amide bonds. The van der Waals surface area contributed by atoms with Crippen LogP contribution < -0.4 is 5.32 Å². The molecule has 0 heterocycles. The van der Waals surface area contributed by atoms with E-state index >= 15 is 0 Å². The lowest BCUT2D eigenvalue weighted by atomic mass is 9.90. The van der Waals surface area contributed by atoms with Crippen LogP contribution in [0.3, 0.4) is 0 Å². The van der Waals surface area contributed by atoms with Gasteiger partial charge in [0.05, 0.1) is 6.04 Å². The Morgan fingerprint density at radius 1 is 1.25 bits per heavy atom. The van der Waals surface area contributed by atoms with Gasteiger partial charge in [0.25, 0.3) is 0 Å². The van der Waals surface area contributed by atoms with Crippen LogP contribution in [-0.4, -0.2) is 17.0 Å². The van der Waals surface area contributed by atoms with E-state index in [1.807, 2.05) is 0 Å². The number of unbranched alkanes of at least 4 members (excludes halogenated alkanes) is 1. The Hall–Kier alpha value is -1.58. The van der Waals surface area contributed by atoms with Crippen molar-refractivity contribution in [2.24, 2.45) is 0 Å². The second kappa shape index (κ2) is 7.27. The predicted molar refractivity (Wildman–Crippen MR) is 81.7 cm³/mol. The van der Waals surface area contributed by atoms with Crippen molar-refractivity contribution in [2.45, 2.75) is 64.0 Å². The fourth-order valence-corrected chi connectivity index (χ4v) is 2.89. The van der Waals surface area contributed by atoms with Crippen molar-refractivity contribution in [3.63, 3.8) is 0 Å². The lowest BCUT2D eigenvalue weighted by Crippen LogP contribution is -2.41. The number of aryl methyl sites for hydroxylation is 1. The molecular formula is C16H24N2O2. The van der Waals surface area contributed by atoms with Crippen LogP contribution in [0.25, 0.3) is 0 Å². The van der Waals surface area contributed by atoms with Gasteiger partial charge < -0.3 is 5.32 Å². The molecular weight excluding hydrogens is 252 g/mol. The van der Waals surface area contributed by atoms with Gasteiger partial charge in [-0.3, -0.25) is 10.1 Å². The molecule has 1 aromatic rings. The third kappa shape index (κ3) is 3.95. The van der Waals surface area contributed by atoms with Crippen LogP contribution in [0.5, 0.6) is 0 Å². The molecule has 0 aliphatic heterocycles. The van der Waals surface area contributed by atoms with E-state index < -0.39 is 6.04 Å². The Labute approximate surface area is 120 Å². The van der Waals surface area contributed by atoms with Crippen molar-refractivity contribution in [1.29, 1.82) is 0 Å². The van der Waals surface area contributed by atoms with E-state index in [4.69, 9.17) is 0 Å². The highest BCUT2D eigenvalue weighted by atomic mass is 16.6. The minimum atomic E-state index is -0.441. The van der Waals surface area contributed by atoms with E-state index in [-0.39, 0.29) is 11.0 Å². The molecule has 20 heavy (non-hydrogen) atoms. The van der Waals surface area contributed by atoms with Gasteiger partial charge in [0.1, 0.15) is 0 Å². The lowest BCUT2D eigenvalue weighted by Gasteiger charge is -2.27. The number of nitrogens with zero attached hydrogens (tertiary/aromatic N) is 1. The number of nitro groups is 1. The van der Waals surface area contributed by atoms with E-state index in [0.717, 1.165) is 31.4 Å². The molecule has 2 rings (SSSR count). The van der Waals surface area contributed by atoms with Gasteiger partial charge in [-0.05, 0) is 43.4 Å². The molecule has 0 saturated heterocycles. The molecule has 2 atom stereocenters. The van der Waals surface area contributed by atoms with E-state index in [9.17, 15) is 10.1 Å². The van der Waals surface area contributed by atoms with Crippen molar-refractivity contribution < 1.29 is 4.92 Å². The molecule has 1 aliphatic rings. The molecule has 1 aliphatic carbocycles. The molecule has 1 aromatic carbocycles. The summed E-state index contributed by atoms with van der Waals surface area (Å²) >= 11 is 0. The summed E-state index contributed by atoms with van der Waals surface area (Å²) in [4.78, 5) is 11.0. The first-order valence-corrected chi connectivity index (χ1v) is 7.69. The van der Waals surface area contributed by atoms with Gasteiger partial charge >= 0.3 is 0 Å². The first-order chi connectivity index (χ1) is 9.70. The van der Waals surface area contributed by atoms with E-state index in [1.165, 1.54) is 18.4 Å². The highest BCUT2D eigenvalue weighted by molar-refractivity contribution is 5.45. The zero-order chi connectivity index (χ0) is 14.4. The summed E-state index contributed by atoms with van der Waals surface area (Å²) in [7, 11) is 0. The SMILES string of the molecule is CCCCc1ccc(N[C@H]2CCCC[C@@H]2[N+](=O)[O-])cc1. The predicted octanol–water partition coefficient (Wildman–Crippen LogP) is 4.03. The number of anilines is 1. The maximum Gasteiger partial charge on any atom is 0.232 e. The van der Waals surface area contributed by atoms with Crippen molar-refractivity contribution in [1.82, 2.24) is 0 Å². The summed E-state index contributed by atoms with van der Waals surface area (Å²) in [6.07, 6.45) is 7.15. The molecule has 0 spiro atoms. The highest BCUT2D eigenvalue weighted by Crippen LogP contribution is 2.24. The molecule has 110 valence electrons. The van der Waals surface area contributed by atoms with E-state index in [0.29, 0.717) is 6.42 Å². The number of nitrogens with one attached hydrogen (secondary N) is 1. The van der Waals surface area contributed by atoms with Crippen LogP contribution >= 0.6 is 0 Å². The van der Waals surface area contributed by atoms with Crippen LogP contribution in [0, 0.1) is 10.1 Å². The minimum absolute atomic E-state index is 0.0276. The Morgan fingerprint density at radius 2 is 1.95 bits per heavy atom. The number of hydrogen-bond donors (Lipinski definition) is 1. The summed E-state index contributed by atoms with van der Waals surface area (Å²) in [5.41, 5.74) is 2.34. The first kappa shape index (κ1) is 14.8. The fourth-order valence-electron chi connectivity index (χ4n) is 2.89. The largest absolute Gasteiger partial charge is 0.376 e. The van der Waals surface area contributed by atoms with Gasteiger partial charge in [-0.25, -0.2) is 0 Å². The molecule has 4 heteroatoms. The number of rotatable bonds is 6. The average molecular weight is 276 g/mol. The van der Waals surface area contributed by atoms with Gasteiger partial charge in [-0.1, -0.05) is 31.9 Å². The average Bonchev–Trinajstić information content (AvgIpc) is 2.47. The van der Waals surface area contributed by atoms with Gasteiger partial charge in [-0.15, -0.1) is 0 Å². The third-order valence-electron chi connectivity index (χ3n) is 4.13. The van der Waals surface area contributed by atoms with Crippen molar-refractivity contribution in [2.75, 3.05) is 5.32 Å². The van der Waals surface area contributed by atoms with Crippen LogP contribution in [0.2, 0.25) is 0 Å². The zero-order valence-electron chi connectivity index (χ0n) is 12.2.